The Labute approximate surface area is 92.0 Å². The Kier molecular flexibility index (Phi) is 3.65. The fourth-order valence-corrected chi connectivity index (χ4v) is 2.72. The Hall–Kier alpha value is -0.120. The predicted octanol–water partition coefficient (Wildman–Crippen LogP) is 1.44. The van der Waals surface area contributed by atoms with Crippen molar-refractivity contribution in [1.82, 2.24) is 0 Å². The van der Waals surface area contributed by atoms with Gasteiger partial charge in [0.25, 0.3) is 0 Å². The number of nitrogens with two attached hydrogens (primary N) is 1. The van der Waals surface area contributed by atoms with Gasteiger partial charge < -0.3 is 15.6 Å². The minimum Gasteiger partial charge on any atom is -0.394 e. The van der Waals surface area contributed by atoms with Crippen LogP contribution in [0.3, 0.4) is 0 Å². The summed E-state index contributed by atoms with van der Waals surface area (Å²) in [6, 6.07) is 0. The summed E-state index contributed by atoms with van der Waals surface area (Å²) in [5.41, 5.74) is 5.84. The van der Waals surface area contributed by atoms with Gasteiger partial charge in [-0.2, -0.15) is 0 Å². The first-order chi connectivity index (χ1) is 7.24. The van der Waals surface area contributed by atoms with Gasteiger partial charge in [-0.25, -0.2) is 0 Å². The van der Waals surface area contributed by atoms with Crippen molar-refractivity contribution in [3.05, 3.63) is 0 Å². The molecule has 2 aliphatic rings. The molecule has 2 rings (SSSR count). The Balaban J connectivity index is 1.68. The zero-order valence-corrected chi connectivity index (χ0v) is 9.45. The smallest absolute Gasteiger partial charge is 0.0613 e. The average Bonchev–Trinajstić information content (AvgIpc) is 2.53. The highest BCUT2D eigenvalue weighted by Crippen LogP contribution is 2.36. The molecule has 2 unspecified atom stereocenters. The van der Waals surface area contributed by atoms with E-state index in [9.17, 15) is 5.11 Å². The number of ether oxygens (including phenoxy) is 1. The molecule has 0 aromatic heterocycles. The molecular weight excluding hydrogens is 190 g/mol. The summed E-state index contributed by atoms with van der Waals surface area (Å²) in [5, 5.41) is 9.30. The molecule has 0 radical (unpaired) electrons. The number of rotatable bonds is 5. The van der Waals surface area contributed by atoms with E-state index >= 15 is 0 Å². The van der Waals surface area contributed by atoms with Gasteiger partial charge in [0, 0.05) is 12.1 Å². The summed E-state index contributed by atoms with van der Waals surface area (Å²) in [4.78, 5) is 0. The van der Waals surface area contributed by atoms with Crippen molar-refractivity contribution in [2.24, 2.45) is 11.7 Å². The molecule has 0 spiro atoms. The third-order valence-corrected chi connectivity index (χ3v) is 4.17. The van der Waals surface area contributed by atoms with E-state index in [1.807, 2.05) is 0 Å². The van der Waals surface area contributed by atoms with Gasteiger partial charge in [0.05, 0.1) is 12.7 Å². The summed E-state index contributed by atoms with van der Waals surface area (Å²) in [6.45, 7) is 0.954. The van der Waals surface area contributed by atoms with E-state index in [2.05, 4.69) is 0 Å². The molecule has 3 N–H and O–H groups in total. The summed E-state index contributed by atoms with van der Waals surface area (Å²) in [6.07, 6.45) is 8.62. The molecular formula is C12H23NO2. The lowest BCUT2D eigenvalue weighted by molar-refractivity contribution is -0.00818. The molecule has 3 nitrogen and oxygen atoms in total. The van der Waals surface area contributed by atoms with Gasteiger partial charge in [-0.1, -0.05) is 6.42 Å². The van der Waals surface area contributed by atoms with E-state index in [1.165, 1.54) is 19.3 Å². The molecule has 0 aromatic carbocycles. The SMILES string of the molecule is NC1(CO)CCCC1CCOC1CCC1. The molecule has 0 amide bonds. The molecule has 0 bridgehead atoms. The van der Waals surface area contributed by atoms with E-state index in [1.54, 1.807) is 0 Å². The monoisotopic (exact) mass is 213 g/mol. The van der Waals surface area contributed by atoms with Crippen molar-refractivity contribution in [1.29, 1.82) is 0 Å². The van der Waals surface area contributed by atoms with Crippen LogP contribution in [-0.4, -0.2) is 30.0 Å². The normalized spacial score (nSPS) is 36.8. The molecule has 0 aromatic rings. The highest BCUT2D eigenvalue weighted by atomic mass is 16.5. The van der Waals surface area contributed by atoms with Crippen LogP contribution in [-0.2, 0) is 4.74 Å². The minimum atomic E-state index is -0.316. The van der Waals surface area contributed by atoms with E-state index in [0.717, 1.165) is 32.3 Å². The number of aliphatic hydroxyl groups excluding tert-OH is 1. The first-order valence-corrected chi connectivity index (χ1v) is 6.26. The summed E-state index contributed by atoms with van der Waals surface area (Å²) < 4.78 is 5.74. The highest BCUT2D eigenvalue weighted by Gasteiger charge is 2.38. The standard InChI is InChI=1S/C12H23NO2/c13-12(9-14)7-2-3-10(12)6-8-15-11-4-1-5-11/h10-11,14H,1-9,13H2. The maximum atomic E-state index is 9.30. The zero-order chi connectivity index (χ0) is 10.7. The third-order valence-electron chi connectivity index (χ3n) is 4.17. The molecule has 3 heteroatoms. The second kappa shape index (κ2) is 4.81. The first-order valence-electron chi connectivity index (χ1n) is 6.26. The second-order valence-corrected chi connectivity index (χ2v) is 5.19. The summed E-state index contributed by atoms with van der Waals surface area (Å²) in [7, 11) is 0. The maximum absolute atomic E-state index is 9.30. The third kappa shape index (κ3) is 2.52. The van der Waals surface area contributed by atoms with Gasteiger partial charge in [-0.3, -0.25) is 0 Å². The first kappa shape index (κ1) is 11.4. The summed E-state index contributed by atoms with van der Waals surface area (Å²) in [5.74, 6) is 0.461. The Morgan fingerprint density at radius 3 is 2.67 bits per heavy atom. The van der Waals surface area contributed by atoms with E-state index in [4.69, 9.17) is 10.5 Å². The lowest BCUT2D eigenvalue weighted by atomic mass is 9.86. The van der Waals surface area contributed by atoms with Gasteiger partial charge in [0.1, 0.15) is 0 Å². The van der Waals surface area contributed by atoms with Crippen LogP contribution in [0.15, 0.2) is 0 Å². The molecule has 2 atom stereocenters. The van der Waals surface area contributed by atoms with Crippen molar-refractivity contribution in [2.45, 2.75) is 56.6 Å². The number of hydrogen-bond donors (Lipinski definition) is 2. The van der Waals surface area contributed by atoms with Crippen LogP contribution in [0, 0.1) is 5.92 Å². The van der Waals surface area contributed by atoms with Crippen LogP contribution < -0.4 is 5.73 Å². The van der Waals surface area contributed by atoms with Gasteiger partial charge >= 0.3 is 0 Å². The van der Waals surface area contributed by atoms with E-state index in [-0.39, 0.29) is 12.1 Å². The maximum Gasteiger partial charge on any atom is 0.0613 e. The molecule has 2 saturated carbocycles. The average molecular weight is 213 g/mol. The topological polar surface area (TPSA) is 55.5 Å². The van der Waals surface area contributed by atoms with Gasteiger partial charge in [0.15, 0.2) is 0 Å². The molecule has 0 aliphatic heterocycles. The fourth-order valence-electron chi connectivity index (χ4n) is 2.72. The van der Waals surface area contributed by atoms with Crippen LogP contribution in [0.25, 0.3) is 0 Å². The van der Waals surface area contributed by atoms with Crippen molar-refractivity contribution in [3.63, 3.8) is 0 Å². The molecule has 15 heavy (non-hydrogen) atoms. The van der Waals surface area contributed by atoms with Crippen molar-refractivity contribution >= 4 is 0 Å². The lowest BCUT2D eigenvalue weighted by Crippen LogP contribution is -2.47. The van der Waals surface area contributed by atoms with Gasteiger partial charge in [-0.15, -0.1) is 0 Å². The lowest BCUT2D eigenvalue weighted by Gasteiger charge is -2.31. The van der Waals surface area contributed by atoms with E-state index in [0.29, 0.717) is 12.0 Å². The van der Waals surface area contributed by atoms with Gasteiger partial charge in [0.2, 0.25) is 0 Å². The molecule has 0 heterocycles. The van der Waals surface area contributed by atoms with Gasteiger partial charge in [-0.05, 0) is 44.4 Å². The second-order valence-electron chi connectivity index (χ2n) is 5.19. The largest absolute Gasteiger partial charge is 0.394 e. The van der Waals surface area contributed by atoms with Crippen molar-refractivity contribution in [3.8, 4) is 0 Å². The Morgan fingerprint density at radius 2 is 2.07 bits per heavy atom. The van der Waals surface area contributed by atoms with Crippen LogP contribution in [0.1, 0.15) is 44.9 Å². The Morgan fingerprint density at radius 1 is 1.27 bits per heavy atom. The van der Waals surface area contributed by atoms with E-state index < -0.39 is 0 Å². The molecule has 88 valence electrons. The molecule has 2 aliphatic carbocycles. The predicted molar refractivity (Wildman–Crippen MR) is 59.6 cm³/mol. The van der Waals surface area contributed by atoms with Crippen LogP contribution in [0.5, 0.6) is 0 Å². The quantitative estimate of drug-likeness (QED) is 0.726. The summed E-state index contributed by atoms with van der Waals surface area (Å²) >= 11 is 0. The zero-order valence-electron chi connectivity index (χ0n) is 9.45. The van der Waals surface area contributed by atoms with Crippen LogP contribution >= 0.6 is 0 Å². The van der Waals surface area contributed by atoms with Crippen LogP contribution in [0.2, 0.25) is 0 Å². The minimum absolute atomic E-state index is 0.126. The molecule has 2 fully saturated rings. The van der Waals surface area contributed by atoms with Crippen LogP contribution in [0.4, 0.5) is 0 Å². The number of hydrogen-bond acceptors (Lipinski definition) is 3. The Bertz CT molecular complexity index is 206. The fraction of sp³-hybridized carbons (Fsp3) is 1.00. The highest BCUT2D eigenvalue weighted by molar-refractivity contribution is 4.95. The van der Waals surface area contributed by atoms with Crippen molar-refractivity contribution < 1.29 is 9.84 Å². The molecule has 0 saturated heterocycles. The number of aliphatic hydroxyl groups is 1. The van der Waals surface area contributed by atoms with Crippen molar-refractivity contribution in [2.75, 3.05) is 13.2 Å².